The monoisotopic (exact) mass is 239 g/mol. The van der Waals surface area contributed by atoms with Crippen LogP contribution < -0.4 is 11.3 Å². The van der Waals surface area contributed by atoms with E-state index in [1.807, 2.05) is 11.8 Å². The number of thioether (sulfide) groups is 1. The molecule has 88 valence electrons. The van der Waals surface area contributed by atoms with Gasteiger partial charge in [0.1, 0.15) is 11.6 Å². The van der Waals surface area contributed by atoms with E-state index < -0.39 is 0 Å². The van der Waals surface area contributed by atoms with Crippen LogP contribution in [0.25, 0.3) is 0 Å². The Kier molecular flexibility index (Phi) is 3.88. The Morgan fingerprint density at radius 2 is 2.19 bits per heavy atom. The van der Waals surface area contributed by atoms with Gasteiger partial charge in [0.2, 0.25) is 0 Å². The van der Waals surface area contributed by atoms with E-state index in [1.165, 1.54) is 38.2 Å². The summed E-state index contributed by atoms with van der Waals surface area (Å²) in [5, 5.41) is 0.723. The third kappa shape index (κ3) is 3.27. The zero-order chi connectivity index (χ0) is 11.4. The van der Waals surface area contributed by atoms with Gasteiger partial charge < -0.3 is 10.7 Å². The van der Waals surface area contributed by atoms with Crippen molar-refractivity contribution in [3.05, 3.63) is 22.2 Å². The van der Waals surface area contributed by atoms with E-state index in [-0.39, 0.29) is 5.56 Å². The molecule has 3 N–H and O–H groups in total. The molecule has 0 amide bonds. The molecule has 1 fully saturated rings. The van der Waals surface area contributed by atoms with Crippen LogP contribution in [0.2, 0.25) is 0 Å². The maximum atomic E-state index is 11.2. The van der Waals surface area contributed by atoms with Crippen LogP contribution in [0, 0.1) is 0 Å². The Morgan fingerprint density at radius 3 is 2.88 bits per heavy atom. The van der Waals surface area contributed by atoms with Crippen molar-refractivity contribution in [1.29, 1.82) is 0 Å². The number of aromatic nitrogens is 2. The van der Waals surface area contributed by atoms with Crippen LogP contribution >= 0.6 is 11.8 Å². The number of aromatic amines is 1. The average molecular weight is 239 g/mol. The van der Waals surface area contributed by atoms with Gasteiger partial charge in [0.05, 0.1) is 5.75 Å². The predicted molar refractivity (Wildman–Crippen MR) is 67.4 cm³/mol. The van der Waals surface area contributed by atoms with Gasteiger partial charge in [-0.15, -0.1) is 0 Å². The second-order valence-corrected chi connectivity index (χ2v) is 5.48. The summed E-state index contributed by atoms with van der Waals surface area (Å²) < 4.78 is 0. The molecule has 0 aromatic carbocycles. The van der Waals surface area contributed by atoms with Crippen LogP contribution in [0.5, 0.6) is 0 Å². The van der Waals surface area contributed by atoms with Crippen LogP contribution in [0.4, 0.5) is 5.82 Å². The van der Waals surface area contributed by atoms with Crippen molar-refractivity contribution in [1.82, 2.24) is 9.97 Å². The molecule has 0 spiro atoms. The molecule has 0 bridgehead atoms. The van der Waals surface area contributed by atoms with Crippen LogP contribution in [0.1, 0.15) is 37.9 Å². The smallest absolute Gasteiger partial charge is 0.252 e. The lowest BCUT2D eigenvalue weighted by molar-refractivity contribution is 0.516. The first-order valence-electron chi connectivity index (χ1n) is 5.71. The molecule has 1 aromatic rings. The molecule has 16 heavy (non-hydrogen) atoms. The molecule has 0 saturated heterocycles. The van der Waals surface area contributed by atoms with E-state index in [2.05, 4.69) is 9.97 Å². The van der Waals surface area contributed by atoms with Crippen molar-refractivity contribution in [3.8, 4) is 0 Å². The number of nitrogens with one attached hydrogen (secondary N) is 1. The maximum absolute atomic E-state index is 11.2. The Balaban J connectivity index is 1.90. The normalized spacial score (nSPS) is 17.5. The zero-order valence-electron chi connectivity index (χ0n) is 9.24. The number of rotatable bonds is 3. The lowest BCUT2D eigenvalue weighted by Gasteiger charge is -2.20. The zero-order valence-corrected chi connectivity index (χ0v) is 10.1. The summed E-state index contributed by atoms with van der Waals surface area (Å²) in [4.78, 5) is 18.0. The molecule has 1 aliphatic carbocycles. The summed E-state index contributed by atoms with van der Waals surface area (Å²) in [7, 11) is 0. The van der Waals surface area contributed by atoms with Gasteiger partial charge in [-0.05, 0) is 12.8 Å². The second kappa shape index (κ2) is 5.39. The van der Waals surface area contributed by atoms with Gasteiger partial charge in [0, 0.05) is 11.3 Å². The Morgan fingerprint density at radius 1 is 1.44 bits per heavy atom. The van der Waals surface area contributed by atoms with Crippen molar-refractivity contribution in [2.75, 3.05) is 5.73 Å². The predicted octanol–water partition coefficient (Wildman–Crippen LogP) is 1.92. The molecule has 0 atom stereocenters. The molecule has 0 aliphatic heterocycles. The van der Waals surface area contributed by atoms with Crippen molar-refractivity contribution in [2.24, 2.45) is 0 Å². The fourth-order valence-corrected chi connectivity index (χ4v) is 3.22. The van der Waals surface area contributed by atoms with Gasteiger partial charge in [-0.3, -0.25) is 4.79 Å². The van der Waals surface area contributed by atoms with Gasteiger partial charge in [0.25, 0.3) is 5.56 Å². The van der Waals surface area contributed by atoms with Gasteiger partial charge in [-0.1, -0.05) is 19.3 Å². The number of nitrogen functional groups attached to an aromatic ring is 1. The minimum atomic E-state index is -0.160. The number of anilines is 1. The Labute approximate surface area is 99.0 Å². The summed E-state index contributed by atoms with van der Waals surface area (Å²) in [6.07, 6.45) is 6.61. The van der Waals surface area contributed by atoms with Gasteiger partial charge in [-0.2, -0.15) is 11.8 Å². The van der Waals surface area contributed by atoms with E-state index in [9.17, 15) is 4.79 Å². The van der Waals surface area contributed by atoms with Crippen molar-refractivity contribution >= 4 is 17.6 Å². The topological polar surface area (TPSA) is 71.8 Å². The summed E-state index contributed by atoms with van der Waals surface area (Å²) in [6.45, 7) is 0. The van der Waals surface area contributed by atoms with Gasteiger partial charge >= 0.3 is 0 Å². The molecule has 2 rings (SSSR count). The van der Waals surface area contributed by atoms with E-state index in [0.717, 1.165) is 11.0 Å². The third-order valence-electron chi connectivity index (χ3n) is 2.82. The highest BCUT2D eigenvalue weighted by atomic mass is 32.2. The first-order valence-corrected chi connectivity index (χ1v) is 6.76. The molecule has 0 radical (unpaired) electrons. The number of nitrogens with two attached hydrogens (primary N) is 1. The van der Waals surface area contributed by atoms with E-state index in [0.29, 0.717) is 11.6 Å². The Bertz CT molecular complexity index is 398. The first-order chi connectivity index (χ1) is 7.74. The van der Waals surface area contributed by atoms with Crippen molar-refractivity contribution in [3.63, 3.8) is 0 Å². The maximum Gasteiger partial charge on any atom is 0.252 e. The largest absolute Gasteiger partial charge is 0.383 e. The molecular weight excluding hydrogens is 222 g/mol. The second-order valence-electron chi connectivity index (χ2n) is 4.19. The quantitative estimate of drug-likeness (QED) is 0.845. The number of hydrogen-bond donors (Lipinski definition) is 2. The van der Waals surface area contributed by atoms with Crippen LogP contribution in [-0.4, -0.2) is 15.2 Å². The SMILES string of the molecule is Nc1cc(=O)[nH]c(CSC2CCCCC2)n1. The number of hydrogen-bond acceptors (Lipinski definition) is 4. The first kappa shape index (κ1) is 11.5. The Hall–Kier alpha value is -0.970. The van der Waals surface area contributed by atoms with Crippen molar-refractivity contribution in [2.45, 2.75) is 43.1 Å². The fraction of sp³-hybridized carbons (Fsp3) is 0.636. The summed E-state index contributed by atoms with van der Waals surface area (Å²) in [5.74, 6) is 1.76. The summed E-state index contributed by atoms with van der Waals surface area (Å²) >= 11 is 1.88. The standard InChI is InChI=1S/C11H17N3OS/c12-9-6-11(15)14-10(13-9)7-16-8-4-2-1-3-5-8/h6,8H,1-5,7H2,(H3,12,13,14,15). The minimum Gasteiger partial charge on any atom is -0.383 e. The summed E-state index contributed by atoms with van der Waals surface area (Å²) in [5.41, 5.74) is 5.37. The molecule has 1 heterocycles. The average Bonchev–Trinajstić information content (AvgIpc) is 2.27. The molecule has 1 aliphatic rings. The number of nitrogens with zero attached hydrogens (tertiary/aromatic N) is 1. The molecule has 5 heteroatoms. The highest BCUT2D eigenvalue weighted by molar-refractivity contribution is 7.99. The van der Waals surface area contributed by atoms with Crippen LogP contribution in [0.15, 0.2) is 10.9 Å². The van der Waals surface area contributed by atoms with Crippen molar-refractivity contribution < 1.29 is 0 Å². The number of H-pyrrole nitrogens is 1. The van der Waals surface area contributed by atoms with E-state index in [4.69, 9.17) is 5.73 Å². The van der Waals surface area contributed by atoms with Crippen LogP contribution in [-0.2, 0) is 5.75 Å². The highest BCUT2D eigenvalue weighted by Crippen LogP contribution is 2.29. The van der Waals surface area contributed by atoms with Gasteiger partial charge in [-0.25, -0.2) is 4.98 Å². The lowest BCUT2D eigenvalue weighted by Crippen LogP contribution is -2.13. The molecule has 0 unspecified atom stereocenters. The molecule has 1 saturated carbocycles. The van der Waals surface area contributed by atoms with Gasteiger partial charge in [0.15, 0.2) is 0 Å². The lowest BCUT2D eigenvalue weighted by atomic mass is 10.0. The fourth-order valence-electron chi connectivity index (χ4n) is 2.03. The molecule has 4 nitrogen and oxygen atoms in total. The third-order valence-corrected chi connectivity index (χ3v) is 4.20. The van der Waals surface area contributed by atoms with E-state index in [1.54, 1.807) is 0 Å². The highest BCUT2D eigenvalue weighted by Gasteiger charge is 2.14. The van der Waals surface area contributed by atoms with E-state index >= 15 is 0 Å². The summed E-state index contributed by atoms with van der Waals surface area (Å²) in [6, 6.07) is 1.31. The van der Waals surface area contributed by atoms with Crippen LogP contribution in [0.3, 0.4) is 0 Å². The molecular formula is C11H17N3OS. The molecule has 1 aromatic heterocycles. The minimum absolute atomic E-state index is 0.160.